The van der Waals surface area contributed by atoms with Crippen molar-refractivity contribution in [2.75, 3.05) is 26.2 Å². The van der Waals surface area contributed by atoms with Crippen LogP contribution in [0.15, 0.2) is 52.3 Å². The van der Waals surface area contributed by atoms with Crippen molar-refractivity contribution < 1.29 is 9.72 Å². The molecule has 0 aliphatic carbocycles. The summed E-state index contributed by atoms with van der Waals surface area (Å²) in [5, 5.41) is 14.9. The lowest BCUT2D eigenvalue weighted by Gasteiger charge is -2.17. The lowest BCUT2D eigenvalue weighted by atomic mass is 10.0. The maximum atomic E-state index is 12.8. The van der Waals surface area contributed by atoms with Crippen molar-refractivity contribution in [3.05, 3.63) is 63.7 Å². The highest BCUT2D eigenvalue weighted by Gasteiger charge is 2.38. The lowest BCUT2D eigenvalue weighted by molar-refractivity contribution is -0.387. The van der Waals surface area contributed by atoms with Crippen LogP contribution >= 0.6 is 24.2 Å². The van der Waals surface area contributed by atoms with Crippen LogP contribution < -0.4 is 5.32 Å². The maximum absolute atomic E-state index is 12.8. The fourth-order valence-corrected chi connectivity index (χ4v) is 4.72. The van der Waals surface area contributed by atoms with Gasteiger partial charge in [0.25, 0.3) is 11.6 Å². The monoisotopic (exact) mass is 419 g/mol. The number of halogens is 1. The molecule has 0 spiro atoms. The van der Waals surface area contributed by atoms with Gasteiger partial charge in [-0.05, 0) is 43.0 Å². The highest BCUT2D eigenvalue weighted by atomic mass is 35.5. The summed E-state index contributed by atoms with van der Waals surface area (Å²) in [6.07, 6.45) is 0. The summed E-state index contributed by atoms with van der Waals surface area (Å²) in [5.74, 6) is 0.889. The van der Waals surface area contributed by atoms with Crippen LogP contribution in [0.25, 0.3) is 0 Å². The van der Waals surface area contributed by atoms with Crippen LogP contribution in [0.2, 0.25) is 0 Å². The first-order valence-corrected chi connectivity index (χ1v) is 9.86. The van der Waals surface area contributed by atoms with Crippen molar-refractivity contribution in [2.45, 2.75) is 16.7 Å². The third-order valence-electron chi connectivity index (χ3n) is 5.33. The first-order valence-electron chi connectivity index (χ1n) is 9.04. The molecular weight excluding hydrogens is 398 g/mol. The number of amides is 1. The van der Waals surface area contributed by atoms with Crippen LogP contribution in [0.5, 0.6) is 0 Å². The van der Waals surface area contributed by atoms with Crippen molar-refractivity contribution in [3.63, 3.8) is 0 Å². The highest BCUT2D eigenvalue weighted by Crippen LogP contribution is 2.36. The van der Waals surface area contributed by atoms with Gasteiger partial charge in [-0.2, -0.15) is 0 Å². The summed E-state index contributed by atoms with van der Waals surface area (Å²) in [5.41, 5.74) is 1.51. The second kappa shape index (κ2) is 8.51. The van der Waals surface area contributed by atoms with Crippen LogP contribution in [0, 0.1) is 28.9 Å². The quantitative estimate of drug-likeness (QED) is 0.603. The molecule has 0 saturated carbocycles. The molecule has 2 atom stereocenters. The number of hydrogen-bond acceptors (Lipinski definition) is 5. The van der Waals surface area contributed by atoms with Crippen LogP contribution in [0.4, 0.5) is 5.69 Å². The molecule has 1 amide bonds. The first kappa shape index (κ1) is 20.6. The van der Waals surface area contributed by atoms with Gasteiger partial charge in [-0.25, -0.2) is 0 Å². The van der Waals surface area contributed by atoms with E-state index in [0.717, 1.165) is 36.6 Å². The van der Waals surface area contributed by atoms with E-state index in [1.165, 1.54) is 17.8 Å². The molecule has 2 saturated heterocycles. The van der Waals surface area contributed by atoms with Crippen LogP contribution in [0.3, 0.4) is 0 Å². The zero-order valence-electron chi connectivity index (χ0n) is 15.5. The fourth-order valence-electron chi connectivity index (χ4n) is 3.82. The van der Waals surface area contributed by atoms with Gasteiger partial charge < -0.3 is 10.2 Å². The van der Waals surface area contributed by atoms with Crippen molar-refractivity contribution >= 4 is 35.8 Å². The van der Waals surface area contributed by atoms with E-state index in [-0.39, 0.29) is 24.0 Å². The molecule has 148 valence electrons. The third kappa shape index (κ3) is 4.16. The molecule has 6 nitrogen and oxygen atoms in total. The van der Waals surface area contributed by atoms with Gasteiger partial charge in [0.05, 0.1) is 9.82 Å². The zero-order valence-corrected chi connectivity index (χ0v) is 17.1. The standard InChI is InChI=1S/C20H21N3O3S.ClH/c1-13-2-5-17(6-3-13)27-19-7-4-14(8-18(19)23(25)26)20(24)22-11-15-9-21-10-16(15)12-22;/h2-8,15-16,21H,9-12H2,1H3;1H/t15-,16+;. The van der Waals surface area contributed by atoms with Gasteiger partial charge in [0.15, 0.2) is 0 Å². The van der Waals surface area contributed by atoms with Gasteiger partial charge in [0.2, 0.25) is 0 Å². The van der Waals surface area contributed by atoms with Gasteiger partial charge in [-0.15, -0.1) is 12.4 Å². The number of likely N-dealkylation sites (tertiary alicyclic amines) is 1. The van der Waals surface area contributed by atoms with E-state index in [9.17, 15) is 14.9 Å². The van der Waals surface area contributed by atoms with Gasteiger partial charge in [-0.1, -0.05) is 29.5 Å². The molecule has 2 aliphatic heterocycles. The van der Waals surface area contributed by atoms with Gasteiger partial charge in [0.1, 0.15) is 0 Å². The molecule has 1 N–H and O–H groups in total. The molecule has 2 aromatic rings. The molecule has 4 rings (SSSR count). The van der Waals surface area contributed by atoms with Gasteiger partial charge >= 0.3 is 0 Å². The number of carbonyl (C=O) groups excluding carboxylic acids is 1. The van der Waals surface area contributed by atoms with Gasteiger partial charge in [-0.3, -0.25) is 14.9 Å². The zero-order chi connectivity index (χ0) is 19.0. The molecule has 2 heterocycles. The predicted molar refractivity (Wildman–Crippen MR) is 111 cm³/mol. The Morgan fingerprint density at radius 1 is 1.14 bits per heavy atom. The molecule has 0 aromatic heterocycles. The second-order valence-electron chi connectivity index (χ2n) is 7.24. The number of benzene rings is 2. The second-order valence-corrected chi connectivity index (χ2v) is 8.36. The Hall–Kier alpha value is -2.09. The topological polar surface area (TPSA) is 75.5 Å². The summed E-state index contributed by atoms with van der Waals surface area (Å²) in [4.78, 5) is 27.3. The first-order chi connectivity index (χ1) is 13.0. The number of nitro benzene ring substituents is 1. The Kier molecular flexibility index (Phi) is 6.27. The normalized spacial score (nSPS) is 20.5. The van der Waals surface area contributed by atoms with Crippen LogP contribution in [-0.2, 0) is 0 Å². The fraction of sp³-hybridized carbons (Fsp3) is 0.350. The van der Waals surface area contributed by atoms with E-state index in [0.29, 0.717) is 22.3 Å². The Balaban J connectivity index is 0.00000225. The number of rotatable bonds is 4. The summed E-state index contributed by atoms with van der Waals surface area (Å²) in [7, 11) is 0. The predicted octanol–water partition coefficient (Wildman–Crippen LogP) is 3.77. The van der Waals surface area contributed by atoms with E-state index in [1.54, 1.807) is 12.1 Å². The molecule has 0 unspecified atom stereocenters. The summed E-state index contributed by atoms with van der Waals surface area (Å²) in [6, 6.07) is 12.7. The maximum Gasteiger partial charge on any atom is 0.284 e. The number of nitrogens with one attached hydrogen (secondary N) is 1. The van der Waals surface area contributed by atoms with E-state index < -0.39 is 4.92 Å². The minimum absolute atomic E-state index is 0. The lowest BCUT2D eigenvalue weighted by Crippen LogP contribution is -2.31. The summed E-state index contributed by atoms with van der Waals surface area (Å²) < 4.78 is 0. The molecule has 2 fully saturated rings. The van der Waals surface area contributed by atoms with Crippen LogP contribution in [-0.4, -0.2) is 41.9 Å². The summed E-state index contributed by atoms with van der Waals surface area (Å²) >= 11 is 1.34. The molecular formula is C20H22ClN3O3S. The number of hydrogen-bond donors (Lipinski definition) is 1. The number of nitrogens with zero attached hydrogens (tertiary/aromatic N) is 2. The summed E-state index contributed by atoms with van der Waals surface area (Å²) in [6.45, 7) is 5.34. The van der Waals surface area contributed by atoms with Gasteiger partial charge in [0, 0.05) is 42.7 Å². The number of carbonyl (C=O) groups is 1. The smallest absolute Gasteiger partial charge is 0.284 e. The third-order valence-corrected chi connectivity index (χ3v) is 6.40. The Bertz CT molecular complexity index is 879. The van der Waals surface area contributed by atoms with Crippen molar-refractivity contribution in [2.24, 2.45) is 11.8 Å². The Morgan fingerprint density at radius 3 is 2.39 bits per heavy atom. The molecule has 0 radical (unpaired) electrons. The number of fused-ring (bicyclic) bond motifs is 1. The molecule has 0 bridgehead atoms. The Labute approximate surface area is 174 Å². The van der Waals surface area contributed by atoms with E-state index in [2.05, 4.69) is 5.32 Å². The number of aryl methyl sites for hydroxylation is 1. The largest absolute Gasteiger partial charge is 0.338 e. The van der Waals surface area contributed by atoms with Crippen molar-refractivity contribution in [1.29, 1.82) is 0 Å². The van der Waals surface area contributed by atoms with E-state index >= 15 is 0 Å². The minimum Gasteiger partial charge on any atom is -0.338 e. The average Bonchev–Trinajstić information content (AvgIpc) is 3.25. The van der Waals surface area contributed by atoms with E-state index in [1.807, 2.05) is 36.1 Å². The van der Waals surface area contributed by atoms with Crippen molar-refractivity contribution in [1.82, 2.24) is 10.2 Å². The molecule has 8 heteroatoms. The Morgan fingerprint density at radius 2 is 1.79 bits per heavy atom. The molecule has 2 aromatic carbocycles. The highest BCUT2D eigenvalue weighted by molar-refractivity contribution is 7.99. The molecule has 2 aliphatic rings. The van der Waals surface area contributed by atoms with Crippen molar-refractivity contribution in [3.8, 4) is 0 Å². The van der Waals surface area contributed by atoms with E-state index in [4.69, 9.17) is 0 Å². The molecule has 28 heavy (non-hydrogen) atoms. The minimum atomic E-state index is -0.407. The van der Waals surface area contributed by atoms with Crippen LogP contribution in [0.1, 0.15) is 15.9 Å². The average molecular weight is 420 g/mol. The number of nitro groups is 1. The SMILES string of the molecule is Cc1ccc(Sc2ccc(C(=O)N3C[C@H]4CNC[C@H]4C3)cc2[N+](=O)[O-])cc1.Cl.